The molecule has 1 aliphatic carbocycles. The second-order valence-electron chi connectivity index (χ2n) is 8.34. The van der Waals surface area contributed by atoms with Crippen LogP contribution in [0.1, 0.15) is 23.2 Å². The lowest BCUT2D eigenvalue weighted by Gasteiger charge is -2.19. The van der Waals surface area contributed by atoms with E-state index in [1.807, 2.05) is 6.07 Å². The second kappa shape index (κ2) is 8.80. The number of amides is 2. The van der Waals surface area contributed by atoms with Crippen LogP contribution in [-0.4, -0.2) is 56.4 Å². The van der Waals surface area contributed by atoms with Crippen molar-refractivity contribution in [3.8, 4) is 17.2 Å². The van der Waals surface area contributed by atoms with Crippen molar-refractivity contribution in [2.24, 2.45) is 5.92 Å². The van der Waals surface area contributed by atoms with Crippen LogP contribution in [0.3, 0.4) is 0 Å². The van der Waals surface area contributed by atoms with E-state index in [2.05, 4.69) is 10.6 Å². The van der Waals surface area contributed by atoms with Gasteiger partial charge in [-0.25, -0.2) is 0 Å². The summed E-state index contributed by atoms with van der Waals surface area (Å²) in [6.45, 7) is 0.718. The fraction of sp³-hybridized carbons (Fsp3) is 0.417. The largest absolute Gasteiger partial charge is 0.497 e. The van der Waals surface area contributed by atoms with Gasteiger partial charge in [-0.2, -0.15) is 0 Å². The van der Waals surface area contributed by atoms with E-state index in [9.17, 15) is 9.59 Å². The quantitative estimate of drug-likeness (QED) is 0.689. The zero-order valence-corrected chi connectivity index (χ0v) is 17.8. The summed E-state index contributed by atoms with van der Waals surface area (Å²) in [5, 5.41) is 6.05. The van der Waals surface area contributed by atoms with E-state index in [-0.39, 0.29) is 42.0 Å². The Bertz CT molecular complexity index is 990. The van der Waals surface area contributed by atoms with E-state index in [1.165, 1.54) is 0 Å². The first-order valence-corrected chi connectivity index (χ1v) is 10.9. The molecule has 168 valence electrons. The highest BCUT2D eigenvalue weighted by molar-refractivity contribution is 5.97. The van der Waals surface area contributed by atoms with Gasteiger partial charge in [0.1, 0.15) is 29.5 Å². The predicted octanol–water partition coefficient (Wildman–Crippen LogP) is 2.28. The molecule has 5 rings (SSSR count). The number of rotatable bonds is 7. The highest BCUT2D eigenvalue weighted by Crippen LogP contribution is 2.32. The normalized spacial score (nSPS) is 26.3. The topological polar surface area (TPSA) is 95.1 Å². The minimum Gasteiger partial charge on any atom is -0.497 e. The van der Waals surface area contributed by atoms with Gasteiger partial charge in [0.05, 0.1) is 38.0 Å². The van der Waals surface area contributed by atoms with Gasteiger partial charge in [-0.1, -0.05) is 12.1 Å². The molecule has 3 aliphatic rings. The van der Waals surface area contributed by atoms with Gasteiger partial charge in [-0.05, 0) is 49.2 Å². The molecular formula is C24H26N2O6. The number of fused-ring (bicyclic) bond motifs is 1. The van der Waals surface area contributed by atoms with Gasteiger partial charge in [0.25, 0.3) is 5.91 Å². The third kappa shape index (κ3) is 4.28. The summed E-state index contributed by atoms with van der Waals surface area (Å²) >= 11 is 0. The van der Waals surface area contributed by atoms with E-state index in [4.69, 9.17) is 18.9 Å². The lowest BCUT2D eigenvalue weighted by Crippen LogP contribution is -2.47. The maximum absolute atomic E-state index is 13.1. The van der Waals surface area contributed by atoms with Gasteiger partial charge in [0.2, 0.25) is 5.91 Å². The van der Waals surface area contributed by atoms with E-state index < -0.39 is 0 Å². The number of methoxy groups -OCH3 is 1. The molecule has 0 aromatic heterocycles. The van der Waals surface area contributed by atoms with Gasteiger partial charge in [-0.3, -0.25) is 9.59 Å². The number of nitrogens with one attached hydrogen (secondary N) is 2. The van der Waals surface area contributed by atoms with Gasteiger partial charge in [0.15, 0.2) is 0 Å². The summed E-state index contributed by atoms with van der Waals surface area (Å²) < 4.78 is 22.9. The molecular weight excluding hydrogens is 412 g/mol. The van der Waals surface area contributed by atoms with Crippen LogP contribution in [0, 0.1) is 5.92 Å². The van der Waals surface area contributed by atoms with E-state index in [0.717, 1.165) is 18.6 Å². The summed E-state index contributed by atoms with van der Waals surface area (Å²) in [5.74, 6) is 1.71. The molecule has 1 saturated carbocycles. The third-order valence-corrected chi connectivity index (χ3v) is 6.06. The van der Waals surface area contributed by atoms with Gasteiger partial charge < -0.3 is 29.6 Å². The SMILES string of the molecule is COc1ccc(Oc2ccccc2C(=O)NC2CO[C@@H]3[C@@H](NC(=O)C4CC4)CO[C@H]23)cc1. The minimum atomic E-state index is -0.302. The Kier molecular flexibility index (Phi) is 5.71. The molecule has 8 heteroatoms. The predicted molar refractivity (Wildman–Crippen MR) is 115 cm³/mol. The average molecular weight is 438 g/mol. The first kappa shape index (κ1) is 20.8. The molecule has 32 heavy (non-hydrogen) atoms. The highest BCUT2D eigenvalue weighted by atomic mass is 16.6. The number of ether oxygens (including phenoxy) is 4. The van der Waals surface area contributed by atoms with Crippen LogP contribution in [0.2, 0.25) is 0 Å². The van der Waals surface area contributed by atoms with Crippen molar-refractivity contribution in [2.45, 2.75) is 37.1 Å². The second-order valence-corrected chi connectivity index (χ2v) is 8.34. The molecule has 2 heterocycles. The standard InChI is InChI=1S/C24H26N2O6/c1-29-15-8-10-16(11-9-15)32-20-5-3-2-4-17(20)24(28)26-19-13-31-21-18(12-30-22(19)21)25-23(27)14-6-7-14/h2-5,8-11,14,18-19,21-22H,6-7,12-13H2,1H3,(H,25,27)(H,26,28)/t18-,19?,21+,22+/m0/s1. The summed E-state index contributed by atoms with van der Waals surface area (Å²) in [6, 6.07) is 13.8. The number of benzene rings is 2. The zero-order valence-electron chi connectivity index (χ0n) is 17.8. The first-order chi connectivity index (χ1) is 15.6. The fourth-order valence-corrected chi connectivity index (χ4v) is 4.15. The van der Waals surface area contributed by atoms with E-state index in [1.54, 1.807) is 49.6 Å². The smallest absolute Gasteiger partial charge is 0.255 e. The molecule has 2 saturated heterocycles. The highest BCUT2D eigenvalue weighted by Gasteiger charge is 2.49. The summed E-state index contributed by atoms with van der Waals surface area (Å²) in [7, 11) is 1.60. The molecule has 2 aliphatic heterocycles. The van der Waals surface area contributed by atoms with Crippen molar-refractivity contribution in [2.75, 3.05) is 20.3 Å². The van der Waals surface area contributed by atoms with Crippen LogP contribution >= 0.6 is 0 Å². The summed E-state index contributed by atoms with van der Waals surface area (Å²) in [5.41, 5.74) is 0.420. The molecule has 3 fully saturated rings. The van der Waals surface area contributed by atoms with Crippen molar-refractivity contribution < 1.29 is 28.5 Å². The summed E-state index contributed by atoms with van der Waals surface area (Å²) in [4.78, 5) is 25.2. The van der Waals surface area contributed by atoms with Crippen molar-refractivity contribution in [3.63, 3.8) is 0 Å². The molecule has 0 radical (unpaired) electrons. The summed E-state index contributed by atoms with van der Waals surface area (Å²) in [6.07, 6.45) is 1.35. The van der Waals surface area contributed by atoms with E-state index >= 15 is 0 Å². The molecule has 2 aromatic rings. The zero-order chi connectivity index (χ0) is 22.1. The Labute approximate surface area is 186 Å². The Morgan fingerprint density at radius 1 is 0.875 bits per heavy atom. The van der Waals surface area contributed by atoms with Crippen molar-refractivity contribution in [1.29, 1.82) is 0 Å². The fourth-order valence-electron chi connectivity index (χ4n) is 4.15. The molecule has 4 atom stereocenters. The van der Waals surface area contributed by atoms with Gasteiger partial charge >= 0.3 is 0 Å². The van der Waals surface area contributed by atoms with Crippen LogP contribution in [0.15, 0.2) is 48.5 Å². The molecule has 0 bridgehead atoms. The van der Waals surface area contributed by atoms with Crippen LogP contribution in [0.5, 0.6) is 17.2 Å². The number of carbonyl (C=O) groups is 2. The Balaban J connectivity index is 1.23. The van der Waals surface area contributed by atoms with Crippen LogP contribution in [-0.2, 0) is 14.3 Å². The molecule has 0 spiro atoms. The van der Waals surface area contributed by atoms with Crippen molar-refractivity contribution in [1.82, 2.24) is 10.6 Å². The molecule has 2 aromatic carbocycles. The first-order valence-electron chi connectivity index (χ1n) is 10.9. The number of para-hydroxylation sites is 1. The van der Waals surface area contributed by atoms with Crippen LogP contribution in [0.4, 0.5) is 0 Å². The Hall–Kier alpha value is -3.10. The number of hydrogen-bond acceptors (Lipinski definition) is 6. The third-order valence-electron chi connectivity index (χ3n) is 6.06. The number of hydrogen-bond donors (Lipinski definition) is 2. The average Bonchev–Trinajstić information content (AvgIpc) is 3.49. The maximum atomic E-state index is 13.1. The van der Waals surface area contributed by atoms with Crippen LogP contribution in [0.25, 0.3) is 0 Å². The molecule has 1 unspecified atom stereocenters. The van der Waals surface area contributed by atoms with E-state index in [0.29, 0.717) is 30.3 Å². The molecule has 2 N–H and O–H groups in total. The van der Waals surface area contributed by atoms with Crippen LogP contribution < -0.4 is 20.1 Å². The Morgan fingerprint density at radius 2 is 1.50 bits per heavy atom. The molecule has 2 amide bonds. The monoisotopic (exact) mass is 438 g/mol. The lowest BCUT2D eigenvalue weighted by molar-refractivity contribution is -0.123. The minimum absolute atomic E-state index is 0.0694. The lowest BCUT2D eigenvalue weighted by atomic mass is 10.1. The van der Waals surface area contributed by atoms with Crippen molar-refractivity contribution in [3.05, 3.63) is 54.1 Å². The van der Waals surface area contributed by atoms with Gasteiger partial charge in [0, 0.05) is 5.92 Å². The van der Waals surface area contributed by atoms with Gasteiger partial charge in [-0.15, -0.1) is 0 Å². The van der Waals surface area contributed by atoms with Crippen molar-refractivity contribution >= 4 is 11.8 Å². The molecule has 8 nitrogen and oxygen atoms in total. The Morgan fingerprint density at radius 3 is 2.16 bits per heavy atom. The number of carbonyl (C=O) groups excluding carboxylic acids is 2. The maximum Gasteiger partial charge on any atom is 0.255 e.